The van der Waals surface area contributed by atoms with Crippen molar-refractivity contribution < 1.29 is 19.5 Å². The Bertz CT molecular complexity index is 1220. The quantitative estimate of drug-likeness (QED) is 0.263. The van der Waals surface area contributed by atoms with E-state index < -0.39 is 5.97 Å². The first-order chi connectivity index (χ1) is 17.4. The Balaban J connectivity index is 1.39. The number of hydrogen-bond donors (Lipinski definition) is 2. The van der Waals surface area contributed by atoms with Crippen LogP contribution in [0.5, 0.6) is 0 Å². The number of amides is 1. The Morgan fingerprint density at radius 1 is 0.944 bits per heavy atom. The molecule has 36 heavy (non-hydrogen) atoms. The van der Waals surface area contributed by atoms with Gasteiger partial charge < -0.3 is 15.3 Å². The molecule has 1 heterocycles. The fourth-order valence-corrected chi connectivity index (χ4v) is 4.68. The molecular weight excluding hydrogens is 476 g/mol. The molecule has 0 fully saturated rings. The molecule has 0 saturated heterocycles. The van der Waals surface area contributed by atoms with Crippen LogP contribution in [0.4, 0.5) is 11.4 Å². The number of halogens is 1. The number of ketones is 1. The van der Waals surface area contributed by atoms with E-state index in [9.17, 15) is 14.4 Å². The molecule has 186 valence electrons. The first-order valence-corrected chi connectivity index (χ1v) is 12.5. The van der Waals surface area contributed by atoms with Crippen molar-refractivity contribution in [2.24, 2.45) is 0 Å². The van der Waals surface area contributed by atoms with Crippen LogP contribution < -0.4 is 10.2 Å². The molecule has 0 aromatic heterocycles. The predicted molar refractivity (Wildman–Crippen MR) is 142 cm³/mol. The number of carbonyl (C=O) groups excluding carboxylic acids is 2. The minimum atomic E-state index is -0.774. The molecule has 0 saturated carbocycles. The fraction of sp³-hybridized carbons (Fsp3) is 0.276. The van der Waals surface area contributed by atoms with E-state index in [1.807, 2.05) is 53.4 Å². The molecule has 1 aliphatic heterocycles. The molecule has 0 spiro atoms. The Kier molecular flexibility index (Phi) is 8.39. The molecule has 1 amide bonds. The summed E-state index contributed by atoms with van der Waals surface area (Å²) in [5.41, 5.74) is 4.26. The fourth-order valence-electron chi connectivity index (χ4n) is 4.56. The van der Waals surface area contributed by atoms with Gasteiger partial charge >= 0.3 is 5.97 Å². The second-order valence-corrected chi connectivity index (χ2v) is 9.48. The number of fused-ring (bicyclic) bond motifs is 1. The number of nitrogens with zero attached hydrogens (tertiary/aromatic N) is 1. The lowest BCUT2D eigenvalue weighted by atomic mass is 9.88. The maximum atomic E-state index is 13.1. The van der Waals surface area contributed by atoms with Crippen molar-refractivity contribution in [1.82, 2.24) is 0 Å². The Morgan fingerprint density at radius 3 is 2.39 bits per heavy atom. The van der Waals surface area contributed by atoms with E-state index in [-0.39, 0.29) is 30.6 Å². The first kappa shape index (κ1) is 25.5. The van der Waals surface area contributed by atoms with Gasteiger partial charge in [0.25, 0.3) is 0 Å². The van der Waals surface area contributed by atoms with Crippen molar-refractivity contribution in [2.45, 2.75) is 38.0 Å². The van der Waals surface area contributed by atoms with Crippen LogP contribution in [0.25, 0.3) is 0 Å². The van der Waals surface area contributed by atoms with Crippen molar-refractivity contribution in [2.75, 3.05) is 23.3 Å². The number of benzene rings is 3. The lowest BCUT2D eigenvalue weighted by Crippen LogP contribution is -2.38. The lowest BCUT2D eigenvalue weighted by Gasteiger charge is -2.34. The highest BCUT2D eigenvalue weighted by atomic mass is 35.5. The predicted octanol–water partition coefficient (Wildman–Crippen LogP) is 5.95. The summed E-state index contributed by atoms with van der Waals surface area (Å²) < 4.78 is 0. The van der Waals surface area contributed by atoms with E-state index in [2.05, 4.69) is 5.32 Å². The largest absolute Gasteiger partial charge is 0.481 e. The minimum absolute atomic E-state index is 0.0197. The third-order valence-electron chi connectivity index (χ3n) is 6.49. The molecule has 7 heteroatoms. The van der Waals surface area contributed by atoms with Gasteiger partial charge in [-0.05, 0) is 67.1 Å². The van der Waals surface area contributed by atoms with Gasteiger partial charge in [-0.1, -0.05) is 54.1 Å². The Hall–Kier alpha value is -3.64. The second-order valence-electron chi connectivity index (χ2n) is 9.04. The number of Topliss-reactive ketones (excluding diaryl/α,β-unsaturated/α-hetero) is 1. The number of aliphatic carboxylic acids is 1. The number of aryl methyl sites for hydroxylation is 1. The van der Waals surface area contributed by atoms with Crippen molar-refractivity contribution in [3.8, 4) is 0 Å². The van der Waals surface area contributed by atoms with Crippen LogP contribution in [0.2, 0.25) is 5.02 Å². The van der Waals surface area contributed by atoms with Gasteiger partial charge in [0.05, 0.1) is 12.5 Å². The molecule has 1 unspecified atom stereocenters. The number of rotatable bonds is 10. The monoisotopic (exact) mass is 504 g/mol. The van der Waals surface area contributed by atoms with Gasteiger partial charge in [0.1, 0.15) is 0 Å². The molecule has 3 aromatic rings. The van der Waals surface area contributed by atoms with E-state index >= 15 is 0 Å². The third-order valence-corrected chi connectivity index (χ3v) is 6.74. The summed E-state index contributed by atoms with van der Waals surface area (Å²) in [5.74, 6) is -1.13. The molecule has 4 rings (SSSR count). The first-order valence-electron chi connectivity index (χ1n) is 12.1. The van der Waals surface area contributed by atoms with Gasteiger partial charge in [0, 0.05) is 34.9 Å². The molecule has 0 radical (unpaired) electrons. The summed E-state index contributed by atoms with van der Waals surface area (Å²) in [6.45, 7) is 0.837. The summed E-state index contributed by atoms with van der Waals surface area (Å²) in [6.07, 6.45) is 3.03. The molecule has 1 aliphatic rings. The number of para-hydroxylation sites is 1. The molecule has 0 bridgehead atoms. The zero-order valence-corrected chi connectivity index (χ0v) is 20.7. The smallest absolute Gasteiger partial charge is 0.303 e. The van der Waals surface area contributed by atoms with Crippen LogP contribution in [-0.4, -0.2) is 35.9 Å². The summed E-state index contributed by atoms with van der Waals surface area (Å²) in [6, 6.07) is 22.4. The Labute approximate surface area is 215 Å². The average molecular weight is 505 g/mol. The van der Waals surface area contributed by atoms with Crippen LogP contribution in [0, 0.1) is 0 Å². The molecule has 1 atom stereocenters. The molecule has 2 N–H and O–H groups in total. The number of nitrogens with one attached hydrogen (secondary N) is 1. The highest BCUT2D eigenvalue weighted by molar-refractivity contribution is 6.30. The van der Waals surface area contributed by atoms with Crippen LogP contribution in [-0.2, 0) is 16.0 Å². The topological polar surface area (TPSA) is 86.7 Å². The molecule has 0 aliphatic carbocycles. The summed E-state index contributed by atoms with van der Waals surface area (Å²) in [5, 5.41) is 12.3. The van der Waals surface area contributed by atoms with Crippen LogP contribution in [0.15, 0.2) is 72.8 Å². The normalized spacial score (nSPS) is 14.7. The number of anilines is 2. The summed E-state index contributed by atoms with van der Waals surface area (Å²) >= 11 is 5.94. The molecule has 6 nitrogen and oxygen atoms in total. The molecule has 3 aromatic carbocycles. The van der Waals surface area contributed by atoms with E-state index in [0.29, 0.717) is 35.7 Å². The number of carboxylic acid groups (broad SMARTS) is 1. The van der Waals surface area contributed by atoms with Gasteiger partial charge in [-0.3, -0.25) is 14.4 Å². The standard InChI is InChI=1S/C29H29ClN2O4/c30-22-13-15-23(16-14-22)31-29(36)25-17-18-32(26-7-3-2-6-24(25)26)19-27(33)21-11-9-20(10-12-21)5-1-4-8-28(34)35/h2-3,6-7,9-16,25H,1,4-5,8,17-19H2,(H,31,36)(H,34,35). The SMILES string of the molecule is O=C(O)CCCCc1ccc(C(=O)CN2CCC(C(=O)Nc3ccc(Cl)cc3)c3ccccc32)cc1. The van der Waals surface area contributed by atoms with Crippen LogP contribution >= 0.6 is 11.6 Å². The number of carboxylic acids is 1. The zero-order chi connectivity index (χ0) is 25.5. The van der Waals surface area contributed by atoms with Gasteiger partial charge in [-0.2, -0.15) is 0 Å². The van der Waals surface area contributed by atoms with Gasteiger partial charge in [-0.25, -0.2) is 0 Å². The van der Waals surface area contributed by atoms with E-state index in [1.165, 1.54) is 0 Å². The van der Waals surface area contributed by atoms with E-state index in [4.69, 9.17) is 16.7 Å². The highest BCUT2D eigenvalue weighted by Crippen LogP contribution is 2.36. The van der Waals surface area contributed by atoms with Crippen molar-refractivity contribution in [1.29, 1.82) is 0 Å². The third kappa shape index (κ3) is 6.52. The summed E-state index contributed by atoms with van der Waals surface area (Å²) in [7, 11) is 0. The maximum absolute atomic E-state index is 13.1. The maximum Gasteiger partial charge on any atom is 0.303 e. The van der Waals surface area contributed by atoms with Gasteiger partial charge in [0.2, 0.25) is 5.91 Å². The van der Waals surface area contributed by atoms with Gasteiger partial charge in [0.15, 0.2) is 5.78 Å². The van der Waals surface area contributed by atoms with E-state index in [1.54, 1.807) is 24.3 Å². The van der Waals surface area contributed by atoms with Gasteiger partial charge in [-0.15, -0.1) is 0 Å². The average Bonchev–Trinajstić information content (AvgIpc) is 2.88. The lowest BCUT2D eigenvalue weighted by molar-refractivity contribution is -0.137. The Morgan fingerprint density at radius 2 is 1.67 bits per heavy atom. The zero-order valence-electron chi connectivity index (χ0n) is 20.0. The molecular formula is C29H29ClN2O4. The number of unbranched alkanes of at least 4 members (excludes halogenated alkanes) is 1. The van der Waals surface area contributed by atoms with Crippen LogP contribution in [0.1, 0.15) is 53.1 Å². The minimum Gasteiger partial charge on any atom is -0.481 e. The van der Waals surface area contributed by atoms with Crippen molar-refractivity contribution >= 4 is 40.6 Å². The second kappa shape index (κ2) is 11.9. The summed E-state index contributed by atoms with van der Waals surface area (Å²) in [4.78, 5) is 38.8. The highest BCUT2D eigenvalue weighted by Gasteiger charge is 2.30. The number of hydrogen-bond acceptors (Lipinski definition) is 4. The van der Waals surface area contributed by atoms with Crippen molar-refractivity contribution in [3.63, 3.8) is 0 Å². The van der Waals surface area contributed by atoms with E-state index in [0.717, 1.165) is 29.7 Å². The van der Waals surface area contributed by atoms with Crippen molar-refractivity contribution in [3.05, 3.63) is 94.5 Å². The number of carbonyl (C=O) groups is 3. The van der Waals surface area contributed by atoms with Crippen LogP contribution in [0.3, 0.4) is 0 Å².